The lowest BCUT2D eigenvalue weighted by molar-refractivity contribution is 0.0932. The predicted molar refractivity (Wildman–Crippen MR) is 99.3 cm³/mol. The summed E-state index contributed by atoms with van der Waals surface area (Å²) in [5.74, 6) is 2.98. The molecule has 3 unspecified atom stereocenters. The number of fused-ring (bicyclic) bond motifs is 3. The van der Waals surface area contributed by atoms with Crippen LogP contribution in [0, 0.1) is 11.8 Å². The third-order valence-corrected chi connectivity index (χ3v) is 6.61. The lowest BCUT2D eigenvalue weighted by Gasteiger charge is -2.23. The minimum absolute atomic E-state index is 0.102. The zero-order chi connectivity index (χ0) is 17.7. The molecule has 1 amide bonds. The van der Waals surface area contributed by atoms with Gasteiger partial charge in [0.05, 0.1) is 5.56 Å². The molecule has 2 aromatic rings. The summed E-state index contributed by atoms with van der Waals surface area (Å²) < 4.78 is 0. The van der Waals surface area contributed by atoms with E-state index in [0.717, 1.165) is 37.7 Å². The highest BCUT2D eigenvalue weighted by molar-refractivity contribution is 6.06. The second-order valence-electron chi connectivity index (χ2n) is 8.28. The number of amides is 1. The fourth-order valence-electron chi connectivity index (χ4n) is 5.27. The molecule has 6 nitrogen and oxygen atoms in total. The smallest absolute Gasteiger partial charge is 0.253 e. The molecule has 1 aromatic carbocycles. The number of H-pyrrole nitrogens is 1. The van der Waals surface area contributed by atoms with E-state index in [0.29, 0.717) is 28.4 Å². The topological polar surface area (TPSA) is 90.0 Å². The second-order valence-corrected chi connectivity index (χ2v) is 8.28. The Morgan fingerprint density at radius 2 is 2.15 bits per heavy atom. The van der Waals surface area contributed by atoms with E-state index < -0.39 is 0 Å². The third kappa shape index (κ3) is 2.67. The van der Waals surface area contributed by atoms with Crippen LogP contribution in [0.5, 0.6) is 5.75 Å². The van der Waals surface area contributed by atoms with Crippen molar-refractivity contribution in [3.63, 3.8) is 0 Å². The molecule has 2 bridgehead atoms. The SMILES string of the molecule is O=C(N[C@H]1CCCNC1)c1ccc(O)c2[nH]c(C3CC4CCC3C4)nc12. The lowest BCUT2D eigenvalue weighted by atomic mass is 9.88. The molecular weight excluding hydrogens is 328 g/mol. The number of nitrogens with zero attached hydrogens (tertiary/aromatic N) is 1. The van der Waals surface area contributed by atoms with Crippen LogP contribution >= 0.6 is 0 Å². The highest BCUT2D eigenvalue weighted by atomic mass is 16.3. The molecule has 1 saturated heterocycles. The molecule has 5 rings (SSSR count). The van der Waals surface area contributed by atoms with Gasteiger partial charge in [0, 0.05) is 18.5 Å². The van der Waals surface area contributed by atoms with Gasteiger partial charge in [-0.15, -0.1) is 0 Å². The third-order valence-electron chi connectivity index (χ3n) is 6.61. The average molecular weight is 354 g/mol. The van der Waals surface area contributed by atoms with Gasteiger partial charge in [-0.25, -0.2) is 4.98 Å². The molecular formula is C20H26N4O2. The van der Waals surface area contributed by atoms with Gasteiger partial charge in [0.1, 0.15) is 22.6 Å². The van der Waals surface area contributed by atoms with E-state index in [-0.39, 0.29) is 17.7 Å². The molecule has 0 radical (unpaired) electrons. The Morgan fingerprint density at radius 1 is 1.23 bits per heavy atom. The maximum Gasteiger partial charge on any atom is 0.253 e. The number of carbonyl (C=O) groups excluding carboxylic acids is 1. The van der Waals surface area contributed by atoms with Gasteiger partial charge in [-0.05, 0) is 62.6 Å². The Balaban J connectivity index is 1.46. The average Bonchev–Trinajstić information content (AvgIpc) is 3.38. The number of phenolic OH excluding ortho intramolecular Hbond substituents is 1. The Bertz CT molecular complexity index is 840. The number of rotatable bonds is 3. The second kappa shape index (κ2) is 6.27. The number of hydrogen-bond donors (Lipinski definition) is 4. The number of benzene rings is 1. The Labute approximate surface area is 152 Å². The minimum atomic E-state index is -0.102. The van der Waals surface area contributed by atoms with E-state index in [4.69, 9.17) is 4.98 Å². The number of aromatic hydroxyl groups is 1. The number of carbonyl (C=O) groups is 1. The number of piperidine rings is 1. The molecule has 138 valence electrons. The number of hydrogen-bond acceptors (Lipinski definition) is 4. The summed E-state index contributed by atoms with van der Waals surface area (Å²) in [7, 11) is 0. The molecule has 2 heterocycles. The maximum absolute atomic E-state index is 12.8. The van der Waals surface area contributed by atoms with Crippen molar-refractivity contribution in [1.82, 2.24) is 20.6 Å². The molecule has 4 N–H and O–H groups in total. The van der Waals surface area contributed by atoms with Gasteiger partial charge in [-0.3, -0.25) is 4.79 Å². The van der Waals surface area contributed by atoms with E-state index >= 15 is 0 Å². The summed E-state index contributed by atoms with van der Waals surface area (Å²) in [4.78, 5) is 21.0. The monoisotopic (exact) mass is 354 g/mol. The van der Waals surface area contributed by atoms with Gasteiger partial charge >= 0.3 is 0 Å². The number of imidazole rings is 1. The van der Waals surface area contributed by atoms with Crippen LogP contribution in [0.15, 0.2) is 12.1 Å². The van der Waals surface area contributed by atoms with Crippen molar-refractivity contribution >= 4 is 16.9 Å². The summed E-state index contributed by atoms with van der Waals surface area (Å²) >= 11 is 0. The first-order chi connectivity index (χ1) is 12.7. The summed E-state index contributed by atoms with van der Waals surface area (Å²) in [5, 5.41) is 16.7. The number of aromatic amines is 1. The summed E-state index contributed by atoms with van der Waals surface area (Å²) in [6.07, 6.45) is 7.18. The minimum Gasteiger partial charge on any atom is -0.506 e. The molecule has 3 fully saturated rings. The number of nitrogens with one attached hydrogen (secondary N) is 3. The Hall–Kier alpha value is -2.08. The van der Waals surface area contributed by atoms with Gasteiger partial charge in [-0.1, -0.05) is 6.42 Å². The normalized spacial score (nSPS) is 30.8. The molecule has 6 heteroatoms. The van der Waals surface area contributed by atoms with Crippen LogP contribution in [0.25, 0.3) is 11.0 Å². The van der Waals surface area contributed by atoms with Crippen LogP contribution in [0.4, 0.5) is 0 Å². The van der Waals surface area contributed by atoms with Crippen molar-refractivity contribution in [3.8, 4) is 5.75 Å². The largest absolute Gasteiger partial charge is 0.506 e. The first-order valence-corrected chi connectivity index (χ1v) is 9.92. The van der Waals surface area contributed by atoms with E-state index in [1.54, 1.807) is 12.1 Å². The van der Waals surface area contributed by atoms with Gasteiger partial charge in [0.2, 0.25) is 0 Å². The van der Waals surface area contributed by atoms with Crippen molar-refractivity contribution in [2.24, 2.45) is 11.8 Å². The standard InChI is InChI=1S/C20H26N4O2/c25-16-6-5-14(20(26)22-13-2-1-7-21-10-13)17-18(16)24-19(23-17)15-9-11-3-4-12(15)8-11/h5-6,11-13,15,21,25H,1-4,7-10H2,(H,22,26)(H,23,24)/t11?,12?,13-,15?/m0/s1. The fourth-order valence-corrected chi connectivity index (χ4v) is 5.27. The van der Waals surface area contributed by atoms with Gasteiger partial charge in [-0.2, -0.15) is 0 Å². The molecule has 1 aromatic heterocycles. The van der Waals surface area contributed by atoms with Crippen molar-refractivity contribution in [2.75, 3.05) is 13.1 Å². The van der Waals surface area contributed by atoms with E-state index in [2.05, 4.69) is 15.6 Å². The number of aromatic nitrogens is 2. The summed E-state index contributed by atoms with van der Waals surface area (Å²) in [6, 6.07) is 3.44. The predicted octanol–water partition coefficient (Wildman–Crippen LogP) is 2.65. The first kappa shape index (κ1) is 16.1. The van der Waals surface area contributed by atoms with Crippen molar-refractivity contribution < 1.29 is 9.90 Å². The highest BCUT2D eigenvalue weighted by Gasteiger charge is 2.41. The zero-order valence-corrected chi connectivity index (χ0v) is 14.9. The van der Waals surface area contributed by atoms with E-state index in [1.807, 2.05) is 0 Å². The maximum atomic E-state index is 12.8. The van der Waals surface area contributed by atoms with E-state index in [1.165, 1.54) is 25.7 Å². The first-order valence-electron chi connectivity index (χ1n) is 9.92. The van der Waals surface area contributed by atoms with Crippen LogP contribution < -0.4 is 10.6 Å². The highest BCUT2D eigenvalue weighted by Crippen LogP contribution is 2.52. The van der Waals surface area contributed by atoms with Crippen molar-refractivity contribution in [3.05, 3.63) is 23.5 Å². The molecule has 4 atom stereocenters. The molecule has 0 spiro atoms. The molecule has 1 aliphatic heterocycles. The molecule has 2 aliphatic carbocycles. The zero-order valence-electron chi connectivity index (χ0n) is 14.9. The van der Waals surface area contributed by atoms with Gasteiger partial charge in [0.25, 0.3) is 5.91 Å². The van der Waals surface area contributed by atoms with Crippen LogP contribution in [0.2, 0.25) is 0 Å². The van der Waals surface area contributed by atoms with E-state index in [9.17, 15) is 9.90 Å². The Morgan fingerprint density at radius 3 is 2.88 bits per heavy atom. The quantitative estimate of drug-likeness (QED) is 0.682. The van der Waals surface area contributed by atoms with Crippen molar-refractivity contribution in [2.45, 2.75) is 50.5 Å². The molecule has 26 heavy (non-hydrogen) atoms. The van der Waals surface area contributed by atoms with Crippen LogP contribution in [-0.2, 0) is 0 Å². The van der Waals surface area contributed by atoms with Crippen LogP contribution in [0.1, 0.15) is 60.6 Å². The number of phenols is 1. The fraction of sp³-hybridized carbons (Fsp3) is 0.600. The lowest BCUT2D eigenvalue weighted by Crippen LogP contribution is -2.45. The Kier molecular flexibility index (Phi) is 3.89. The van der Waals surface area contributed by atoms with Crippen LogP contribution in [0.3, 0.4) is 0 Å². The van der Waals surface area contributed by atoms with Gasteiger partial charge in [0.15, 0.2) is 0 Å². The summed E-state index contributed by atoms with van der Waals surface area (Å²) in [5.41, 5.74) is 1.75. The van der Waals surface area contributed by atoms with Crippen LogP contribution in [-0.4, -0.2) is 40.1 Å². The molecule has 2 saturated carbocycles. The summed E-state index contributed by atoms with van der Waals surface area (Å²) in [6.45, 7) is 1.83. The van der Waals surface area contributed by atoms with Gasteiger partial charge < -0.3 is 20.7 Å². The van der Waals surface area contributed by atoms with Crippen molar-refractivity contribution in [1.29, 1.82) is 0 Å². The molecule has 3 aliphatic rings.